The van der Waals surface area contributed by atoms with Gasteiger partial charge in [0.15, 0.2) is 0 Å². The number of carboxylic acid groups (broad SMARTS) is 2. The Labute approximate surface area is 105 Å². The summed E-state index contributed by atoms with van der Waals surface area (Å²) in [5, 5.41) is 24.0. The van der Waals surface area contributed by atoms with E-state index in [1.807, 2.05) is 6.92 Å². The van der Waals surface area contributed by atoms with E-state index >= 15 is 0 Å². The van der Waals surface area contributed by atoms with Gasteiger partial charge in [-0.05, 0) is 26.0 Å². The SMILES string of the molecule is CCNc1cc(C(=O)O)c(NCC)c(C(=O)O)c1. The molecule has 98 valence electrons. The first-order chi connectivity index (χ1) is 8.51. The molecule has 0 radical (unpaired) electrons. The van der Waals surface area contributed by atoms with E-state index in [9.17, 15) is 9.59 Å². The van der Waals surface area contributed by atoms with Gasteiger partial charge < -0.3 is 20.8 Å². The molecule has 0 atom stereocenters. The quantitative estimate of drug-likeness (QED) is 0.617. The number of anilines is 2. The molecule has 6 heteroatoms. The minimum absolute atomic E-state index is 0.0484. The largest absolute Gasteiger partial charge is 0.478 e. The maximum Gasteiger partial charge on any atom is 0.337 e. The maximum absolute atomic E-state index is 11.2. The summed E-state index contributed by atoms with van der Waals surface area (Å²) in [7, 11) is 0. The molecule has 0 unspecified atom stereocenters. The molecule has 0 aliphatic carbocycles. The van der Waals surface area contributed by atoms with Crippen molar-refractivity contribution in [2.45, 2.75) is 13.8 Å². The lowest BCUT2D eigenvalue weighted by Crippen LogP contribution is -2.13. The highest BCUT2D eigenvalue weighted by atomic mass is 16.4. The standard InChI is InChI=1S/C12H16N2O4/c1-3-13-7-5-8(11(15)16)10(14-4-2)9(6-7)12(17)18/h5-6,13-14H,3-4H2,1-2H3,(H,15,16)(H,17,18). The number of carboxylic acids is 2. The summed E-state index contributed by atoms with van der Waals surface area (Å²) < 4.78 is 0. The molecule has 0 aliphatic heterocycles. The highest BCUT2D eigenvalue weighted by Crippen LogP contribution is 2.26. The van der Waals surface area contributed by atoms with Gasteiger partial charge in [0.1, 0.15) is 0 Å². The van der Waals surface area contributed by atoms with E-state index < -0.39 is 11.9 Å². The summed E-state index contributed by atoms with van der Waals surface area (Å²) in [5.74, 6) is -2.32. The molecule has 1 rings (SSSR count). The highest BCUT2D eigenvalue weighted by molar-refractivity contribution is 6.04. The minimum atomic E-state index is -1.16. The van der Waals surface area contributed by atoms with Crippen molar-refractivity contribution in [2.24, 2.45) is 0 Å². The summed E-state index contributed by atoms with van der Waals surface area (Å²) in [6.45, 7) is 4.65. The fourth-order valence-electron chi connectivity index (χ4n) is 1.65. The van der Waals surface area contributed by atoms with Crippen LogP contribution >= 0.6 is 0 Å². The van der Waals surface area contributed by atoms with Crippen molar-refractivity contribution >= 4 is 23.3 Å². The molecule has 0 saturated heterocycles. The first kappa shape index (κ1) is 13.8. The van der Waals surface area contributed by atoms with Gasteiger partial charge in [-0.25, -0.2) is 9.59 Å². The normalized spacial score (nSPS) is 9.89. The molecule has 0 fully saturated rings. The Morgan fingerprint density at radius 3 is 1.78 bits per heavy atom. The molecule has 0 spiro atoms. The van der Waals surface area contributed by atoms with Crippen LogP contribution in [0.2, 0.25) is 0 Å². The van der Waals surface area contributed by atoms with Gasteiger partial charge in [-0.2, -0.15) is 0 Å². The van der Waals surface area contributed by atoms with E-state index in [-0.39, 0.29) is 16.8 Å². The van der Waals surface area contributed by atoms with Gasteiger partial charge in [-0.15, -0.1) is 0 Å². The third kappa shape index (κ3) is 2.91. The van der Waals surface area contributed by atoms with Gasteiger partial charge in [-0.3, -0.25) is 0 Å². The van der Waals surface area contributed by atoms with Crippen molar-refractivity contribution in [3.05, 3.63) is 23.3 Å². The number of nitrogens with one attached hydrogen (secondary N) is 2. The van der Waals surface area contributed by atoms with E-state index in [0.29, 0.717) is 18.8 Å². The van der Waals surface area contributed by atoms with Crippen LogP contribution in [-0.4, -0.2) is 35.2 Å². The number of rotatable bonds is 6. The van der Waals surface area contributed by atoms with Gasteiger partial charge >= 0.3 is 11.9 Å². The van der Waals surface area contributed by atoms with Crippen molar-refractivity contribution in [1.29, 1.82) is 0 Å². The van der Waals surface area contributed by atoms with Gasteiger partial charge in [0.25, 0.3) is 0 Å². The summed E-state index contributed by atoms with van der Waals surface area (Å²) in [4.78, 5) is 22.3. The average molecular weight is 252 g/mol. The van der Waals surface area contributed by atoms with Crippen molar-refractivity contribution in [2.75, 3.05) is 23.7 Å². The molecule has 0 bridgehead atoms. The summed E-state index contributed by atoms with van der Waals surface area (Å²) >= 11 is 0. The Bertz CT molecular complexity index is 436. The molecule has 0 aromatic heterocycles. The molecule has 0 amide bonds. The zero-order valence-corrected chi connectivity index (χ0v) is 10.3. The Morgan fingerprint density at radius 2 is 1.44 bits per heavy atom. The smallest absolute Gasteiger partial charge is 0.337 e. The van der Waals surface area contributed by atoms with Gasteiger partial charge in [0.05, 0.1) is 16.8 Å². The Hall–Kier alpha value is -2.24. The second-order valence-electron chi connectivity index (χ2n) is 3.62. The Kier molecular flexibility index (Phi) is 4.53. The lowest BCUT2D eigenvalue weighted by atomic mass is 10.0. The van der Waals surface area contributed by atoms with E-state index in [1.54, 1.807) is 6.92 Å². The minimum Gasteiger partial charge on any atom is -0.478 e. The number of aromatic carboxylic acids is 2. The molecule has 0 aliphatic rings. The average Bonchev–Trinajstić information content (AvgIpc) is 2.30. The maximum atomic E-state index is 11.2. The number of benzene rings is 1. The van der Waals surface area contributed by atoms with E-state index in [1.165, 1.54) is 12.1 Å². The molecule has 1 aromatic carbocycles. The lowest BCUT2D eigenvalue weighted by molar-refractivity contribution is 0.0696. The van der Waals surface area contributed by atoms with Gasteiger partial charge in [0.2, 0.25) is 0 Å². The Morgan fingerprint density at radius 1 is 1.00 bits per heavy atom. The highest BCUT2D eigenvalue weighted by Gasteiger charge is 2.19. The summed E-state index contributed by atoms with van der Waals surface area (Å²) in [6.07, 6.45) is 0. The van der Waals surface area contributed by atoms with Crippen molar-refractivity contribution in [1.82, 2.24) is 0 Å². The van der Waals surface area contributed by atoms with Crippen LogP contribution in [-0.2, 0) is 0 Å². The monoisotopic (exact) mass is 252 g/mol. The summed E-state index contributed by atoms with van der Waals surface area (Å²) in [5.41, 5.74) is 0.522. The molecule has 0 saturated carbocycles. The van der Waals surface area contributed by atoms with Crippen LogP contribution in [0.1, 0.15) is 34.6 Å². The summed E-state index contributed by atoms with van der Waals surface area (Å²) in [6, 6.07) is 2.85. The topological polar surface area (TPSA) is 98.7 Å². The molecule has 1 aromatic rings. The van der Waals surface area contributed by atoms with Crippen molar-refractivity contribution in [3.8, 4) is 0 Å². The molecular weight excluding hydrogens is 236 g/mol. The molecular formula is C12H16N2O4. The van der Waals surface area contributed by atoms with Crippen LogP contribution in [0, 0.1) is 0 Å². The fourth-order valence-corrected chi connectivity index (χ4v) is 1.65. The van der Waals surface area contributed by atoms with Gasteiger partial charge in [0, 0.05) is 18.8 Å². The van der Waals surface area contributed by atoms with Crippen molar-refractivity contribution < 1.29 is 19.8 Å². The zero-order chi connectivity index (χ0) is 13.7. The van der Waals surface area contributed by atoms with Crippen LogP contribution in [0.15, 0.2) is 12.1 Å². The van der Waals surface area contributed by atoms with E-state index in [4.69, 9.17) is 10.2 Å². The lowest BCUT2D eigenvalue weighted by Gasteiger charge is -2.14. The number of hydrogen-bond acceptors (Lipinski definition) is 4. The second-order valence-corrected chi connectivity index (χ2v) is 3.62. The third-order valence-corrected chi connectivity index (χ3v) is 2.33. The molecule has 18 heavy (non-hydrogen) atoms. The fraction of sp³-hybridized carbons (Fsp3) is 0.333. The zero-order valence-electron chi connectivity index (χ0n) is 10.3. The van der Waals surface area contributed by atoms with Crippen LogP contribution in [0.25, 0.3) is 0 Å². The van der Waals surface area contributed by atoms with Gasteiger partial charge in [-0.1, -0.05) is 0 Å². The van der Waals surface area contributed by atoms with Crippen LogP contribution < -0.4 is 10.6 Å². The van der Waals surface area contributed by atoms with Crippen molar-refractivity contribution in [3.63, 3.8) is 0 Å². The van der Waals surface area contributed by atoms with Crippen LogP contribution in [0.5, 0.6) is 0 Å². The second kappa shape index (κ2) is 5.90. The van der Waals surface area contributed by atoms with E-state index in [2.05, 4.69) is 10.6 Å². The molecule has 4 N–H and O–H groups in total. The van der Waals surface area contributed by atoms with Crippen LogP contribution in [0.3, 0.4) is 0 Å². The molecule has 6 nitrogen and oxygen atoms in total. The molecule has 0 heterocycles. The predicted octanol–water partition coefficient (Wildman–Crippen LogP) is 1.95. The van der Waals surface area contributed by atoms with Crippen LogP contribution in [0.4, 0.5) is 11.4 Å². The third-order valence-electron chi connectivity index (χ3n) is 2.33. The number of hydrogen-bond donors (Lipinski definition) is 4. The first-order valence-corrected chi connectivity index (χ1v) is 5.63. The Balaban J connectivity index is 3.44. The predicted molar refractivity (Wildman–Crippen MR) is 68.7 cm³/mol. The number of carbonyl (C=O) groups is 2. The van der Waals surface area contributed by atoms with E-state index in [0.717, 1.165) is 0 Å². The first-order valence-electron chi connectivity index (χ1n) is 5.63.